The molecule has 1 N–H and O–H groups in total. The van der Waals surface area contributed by atoms with E-state index in [1.807, 2.05) is 59.1 Å². The van der Waals surface area contributed by atoms with Gasteiger partial charge in [0.05, 0.1) is 12.3 Å². The number of pyridine rings is 1. The first-order valence-corrected chi connectivity index (χ1v) is 5.52. The van der Waals surface area contributed by atoms with E-state index in [0.29, 0.717) is 0 Å². The Hall–Kier alpha value is -2.13. The molecule has 0 aliphatic rings. The topological polar surface area (TPSA) is 37.5 Å². The van der Waals surface area contributed by atoms with E-state index in [9.17, 15) is 5.11 Å². The lowest BCUT2D eigenvalue weighted by Gasteiger charge is -1.99. The van der Waals surface area contributed by atoms with Gasteiger partial charge in [-0.1, -0.05) is 36.4 Å². The number of hydrogen-bond donors (Lipinski definition) is 1. The van der Waals surface area contributed by atoms with Crippen molar-refractivity contribution in [3.8, 4) is 11.3 Å². The lowest BCUT2D eigenvalue weighted by atomic mass is 10.2. The zero-order chi connectivity index (χ0) is 11.7. The number of aliphatic hydroxyl groups is 1. The Morgan fingerprint density at radius 1 is 1.00 bits per heavy atom. The number of imidazole rings is 1. The molecule has 3 aromatic rings. The maximum absolute atomic E-state index is 9.27. The summed E-state index contributed by atoms with van der Waals surface area (Å²) in [5.74, 6) is 0. The van der Waals surface area contributed by atoms with Crippen molar-refractivity contribution in [2.75, 3.05) is 0 Å². The van der Waals surface area contributed by atoms with Crippen LogP contribution in [0.5, 0.6) is 0 Å². The van der Waals surface area contributed by atoms with Crippen molar-refractivity contribution in [2.24, 2.45) is 0 Å². The Bertz CT molecular complexity index is 644. The van der Waals surface area contributed by atoms with Crippen LogP contribution in [0.3, 0.4) is 0 Å². The van der Waals surface area contributed by atoms with E-state index in [4.69, 9.17) is 0 Å². The third kappa shape index (κ3) is 1.70. The molecule has 3 rings (SSSR count). The zero-order valence-electron chi connectivity index (χ0n) is 9.24. The highest BCUT2D eigenvalue weighted by atomic mass is 16.3. The van der Waals surface area contributed by atoms with Gasteiger partial charge < -0.3 is 9.51 Å². The van der Waals surface area contributed by atoms with Crippen LogP contribution in [0.4, 0.5) is 0 Å². The summed E-state index contributed by atoms with van der Waals surface area (Å²) in [4.78, 5) is 4.54. The van der Waals surface area contributed by atoms with Crippen LogP contribution in [-0.4, -0.2) is 14.5 Å². The van der Waals surface area contributed by atoms with Gasteiger partial charge in [0.2, 0.25) is 0 Å². The van der Waals surface area contributed by atoms with Crippen molar-refractivity contribution >= 4 is 5.65 Å². The molecule has 0 aliphatic heterocycles. The molecular weight excluding hydrogens is 212 g/mol. The molecular formula is C14H12N2O. The van der Waals surface area contributed by atoms with Gasteiger partial charge in [-0.25, -0.2) is 4.98 Å². The number of fused-ring (bicyclic) bond motifs is 1. The second-order valence-corrected chi connectivity index (χ2v) is 3.90. The SMILES string of the molecule is OCc1cccc2nc(-c3ccccc3)cn12. The fraction of sp³-hybridized carbons (Fsp3) is 0.0714. The Kier molecular flexibility index (Phi) is 2.38. The third-order valence-electron chi connectivity index (χ3n) is 2.81. The first-order valence-electron chi connectivity index (χ1n) is 5.52. The van der Waals surface area contributed by atoms with Crippen LogP contribution in [0.2, 0.25) is 0 Å². The number of rotatable bonds is 2. The quantitative estimate of drug-likeness (QED) is 0.726. The Morgan fingerprint density at radius 3 is 2.59 bits per heavy atom. The van der Waals surface area contributed by atoms with Gasteiger partial charge in [0.25, 0.3) is 0 Å². The van der Waals surface area contributed by atoms with Gasteiger partial charge in [0, 0.05) is 17.5 Å². The van der Waals surface area contributed by atoms with E-state index in [-0.39, 0.29) is 6.61 Å². The van der Waals surface area contributed by atoms with Gasteiger partial charge in [0.15, 0.2) is 0 Å². The summed E-state index contributed by atoms with van der Waals surface area (Å²) >= 11 is 0. The molecule has 0 amide bonds. The van der Waals surface area contributed by atoms with Gasteiger partial charge >= 0.3 is 0 Å². The third-order valence-corrected chi connectivity index (χ3v) is 2.81. The normalized spacial score (nSPS) is 10.9. The second-order valence-electron chi connectivity index (χ2n) is 3.90. The summed E-state index contributed by atoms with van der Waals surface area (Å²) in [5.41, 5.74) is 3.71. The molecule has 17 heavy (non-hydrogen) atoms. The predicted molar refractivity (Wildman–Crippen MR) is 66.6 cm³/mol. The van der Waals surface area contributed by atoms with Crippen LogP contribution >= 0.6 is 0 Å². The molecule has 0 fully saturated rings. The number of hydrogen-bond acceptors (Lipinski definition) is 2. The summed E-state index contributed by atoms with van der Waals surface area (Å²) in [6.07, 6.45) is 1.95. The molecule has 3 heteroatoms. The molecule has 0 saturated heterocycles. The fourth-order valence-corrected chi connectivity index (χ4v) is 1.94. The smallest absolute Gasteiger partial charge is 0.137 e. The molecule has 3 nitrogen and oxygen atoms in total. The van der Waals surface area contributed by atoms with Crippen LogP contribution in [0, 0.1) is 0 Å². The Balaban J connectivity index is 2.20. The van der Waals surface area contributed by atoms with Gasteiger partial charge in [-0.05, 0) is 12.1 Å². The maximum Gasteiger partial charge on any atom is 0.137 e. The number of nitrogens with zero attached hydrogens (tertiary/aromatic N) is 2. The highest BCUT2D eigenvalue weighted by molar-refractivity contribution is 5.62. The molecule has 0 atom stereocenters. The molecule has 0 aliphatic carbocycles. The zero-order valence-corrected chi connectivity index (χ0v) is 9.24. The van der Waals surface area contributed by atoms with Gasteiger partial charge in [-0.3, -0.25) is 0 Å². The van der Waals surface area contributed by atoms with Gasteiger partial charge in [0.1, 0.15) is 5.65 Å². The van der Waals surface area contributed by atoms with Crippen molar-refractivity contribution in [3.05, 3.63) is 60.4 Å². The lowest BCUT2D eigenvalue weighted by Crippen LogP contribution is -1.93. The molecule has 0 radical (unpaired) electrons. The highest BCUT2D eigenvalue weighted by Crippen LogP contribution is 2.19. The number of aliphatic hydroxyl groups excluding tert-OH is 1. The minimum Gasteiger partial charge on any atom is -0.390 e. The van der Waals surface area contributed by atoms with E-state index in [1.54, 1.807) is 0 Å². The van der Waals surface area contributed by atoms with E-state index < -0.39 is 0 Å². The van der Waals surface area contributed by atoms with Crippen molar-refractivity contribution in [2.45, 2.75) is 6.61 Å². The standard InChI is InChI=1S/C14H12N2O/c17-10-12-7-4-8-14-15-13(9-16(12)14)11-5-2-1-3-6-11/h1-9,17H,10H2. The van der Waals surface area contributed by atoms with Crippen molar-refractivity contribution in [1.29, 1.82) is 0 Å². The van der Waals surface area contributed by atoms with E-state index in [1.165, 1.54) is 0 Å². The summed E-state index contributed by atoms with van der Waals surface area (Å²) in [6.45, 7) is 0.0158. The van der Waals surface area contributed by atoms with Crippen molar-refractivity contribution in [3.63, 3.8) is 0 Å². The first-order chi connectivity index (χ1) is 8.38. The summed E-state index contributed by atoms with van der Waals surface area (Å²) in [7, 11) is 0. The molecule has 2 heterocycles. The second kappa shape index (κ2) is 4.03. The molecule has 0 spiro atoms. The molecule has 2 aromatic heterocycles. The molecule has 84 valence electrons. The number of benzene rings is 1. The molecule has 1 aromatic carbocycles. The summed E-state index contributed by atoms with van der Waals surface area (Å²) in [5, 5.41) is 9.27. The lowest BCUT2D eigenvalue weighted by molar-refractivity contribution is 0.275. The average molecular weight is 224 g/mol. The largest absolute Gasteiger partial charge is 0.390 e. The maximum atomic E-state index is 9.27. The Morgan fingerprint density at radius 2 is 1.82 bits per heavy atom. The highest BCUT2D eigenvalue weighted by Gasteiger charge is 2.05. The predicted octanol–water partition coefficient (Wildman–Crippen LogP) is 2.49. The van der Waals surface area contributed by atoms with Gasteiger partial charge in [-0.2, -0.15) is 0 Å². The van der Waals surface area contributed by atoms with Gasteiger partial charge in [-0.15, -0.1) is 0 Å². The van der Waals surface area contributed by atoms with E-state index in [2.05, 4.69) is 4.98 Å². The van der Waals surface area contributed by atoms with E-state index >= 15 is 0 Å². The molecule has 0 saturated carbocycles. The van der Waals surface area contributed by atoms with E-state index in [0.717, 1.165) is 22.6 Å². The summed E-state index contributed by atoms with van der Waals surface area (Å²) in [6, 6.07) is 15.8. The minimum atomic E-state index is 0.0158. The first kappa shape index (κ1) is 10.1. The van der Waals surface area contributed by atoms with Crippen molar-refractivity contribution in [1.82, 2.24) is 9.38 Å². The van der Waals surface area contributed by atoms with Crippen LogP contribution in [0.25, 0.3) is 16.9 Å². The van der Waals surface area contributed by atoms with Crippen molar-refractivity contribution < 1.29 is 5.11 Å². The Labute approximate surface area is 99.0 Å². The average Bonchev–Trinajstić information content (AvgIpc) is 2.83. The fourth-order valence-electron chi connectivity index (χ4n) is 1.94. The number of aromatic nitrogens is 2. The van der Waals surface area contributed by atoms with Crippen LogP contribution in [-0.2, 0) is 6.61 Å². The minimum absolute atomic E-state index is 0.0158. The van der Waals surface area contributed by atoms with Crippen LogP contribution < -0.4 is 0 Å². The molecule has 0 unspecified atom stereocenters. The van der Waals surface area contributed by atoms with Crippen LogP contribution in [0.15, 0.2) is 54.7 Å². The summed E-state index contributed by atoms with van der Waals surface area (Å²) < 4.78 is 1.92. The monoisotopic (exact) mass is 224 g/mol. The van der Waals surface area contributed by atoms with Crippen LogP contribution in [0.1, 0.15) is 5.69 Å². The molecule has 0 bridgehead atoms.